The van der Waals surface area contributed by atoms with E-state index in [9.17, 15) is 9.59 Å². The summed E-state index contributed by atoms with van der Waals surface area (Å²) >= 11 is 1.27. The molecule has 7 nitrogen and oxygen atoms in total. The Morgan fingerprint density at radius 3 is 2.74 bits per heavy atom. The average Bonchev–Trinajstić information content (AvgIpc) is 2.81. The van der Waals surface area contributed by atoms with Gasteiger partial charge < -0.3 is 14.6 Å². The molecule has 0 fully saturated rings. The lowest BCUT2D eigenvalue weighted by Crippen LogP contribution is -2.36. The van der Waals surface area contributed by atoms with E-state index in [1.54, 1.807) is 13.3 Å². The summed E-state index contributed by atoms with van der Waals surface area (Å²) in [6.45, 7) is 5.85. The van der Waals surface area contributed by atoms with Gasteiger partial charge in [0.25, 0.3) is 0 Å². The van der Waals surface area contributed by atoms with Gasteiger partial charge in [-0.25, -0.2) is 0 Å². The van der Waals surface area contributed by atoms with Crippen LogP contribution >= 0.6 is 11.8 Å². The van der Waals surface area contributed by atoms with Gasteiger partial charge in [-0.2, -0.15) is 0 Å². The van der Waals surface area contributed by atoms with Gasteiger partial charge in [0, 0.05) is 12.6 Å². The molecule has 0 aliphatic heterocycles. The van der Waals surface area contributed by atoms with E-state index in [1.165, 1.54) is 16.7 Å². The van der Waals surface area contributed by atoms with Crippen molar-refractivity contribution in [3.8, 4) is 0 Å². The standard InChI is InChI=1S/C11H18N4O3S/c1-4-14(5-10(17)18)9(16)6-19-11-13-12-7-15(11)8(2)3/h7-8H,4-6H2,1-3H3,(H,17,18). The second-order valence-corrected chi connectivity index (χ2v) is 5.15. The molecule has 0 aromatic carbocycles. The van der Waals surface area contributed by atoms with Crippen LogP contribution in [-0.2, 0) is 9.59 Å². The number of carbonyl (C=O) groups excluding carboxylic acids is 1. The third-order valence-electron chi connectivity index (χ3n) is 2.48. The molecular weight excluding hydrogens is 268 g/mol. The molecule has 0 spiro atoms. The highest BCUT2D eigenvalue weighted by Crippen LogP contribution is 2.18. The lowest BCUT2D eigenvalue weighted by atomic mass is 10.4. The molecule has 1 aromatic heterocycles. The number of carbonyl (C=O) groups is 2. The molecule has 0 aliphatic rings. The van der Waals surface area contributed by atoms with E-state index in [0.29, 0.717) is 11.7 Å². The molecule has 106 valence electrons. The van der Waals surface area contributed by atoms with Crippen molar-refractivity contribution in [2.45, 2.75) is 32.0 Å². The van der Waals surface area contributed by atoms with Gasteiger partial charge in [-0.3, -0.25) is 9.59 Å². The predicted molar refractivity (Wildman–Crippen MR) is 71.0 cm³/mol. The monoisotopic (exact) mass is 286 g/mol. The Bertz CT molecular complexity index is 447. The molecule has 0 aliphatic carbocycles. The lowest BCUT2D eigenvalue weighted by Gasteiger charge is -2.18. The van der Waals surface area contributed by atoms with Crippen LogP contribution in [0.25, 0.3) is 0 Å². The minimum atomic E-state index is -1.01. The molecule has 8 heteroatoms. The number of nitrogens with zero attached hydrogens (tertiary/aromatic N) is 4. The smallest absolute Gasteiger partial charge is 0.323 e. The van der Waals surface area contributed by atoms with Crippen molar-refractivity contribution < 1.29 is 14.7 Å². The summed E-state index contributed by atoms with van der Waals surface area (Å²) in [5.41, 5.74) is 0. The van der Waals surface area contributed by atoms with Crippen molar-refractivity contribution in [2.24, 2.45) is 0 Å². The molecule has 0 radical (unpaired) electrons. The van der Waals surface area contributed by atoms with E-state index in [0.717, 1.165) is 0 Å². The number of carboxylic acids is 1. The quantitative estimate of drug-likeness (QED) is 0.749. The summed E-state index contributed by atoms with van der Waals surface area (Å²) in [5.74, 6) is -1.06. The third kappa shape index (κ3) is 4.55. The minimum Gasteiger partial charge on any atom is -0.480 e. The Labute approximate surface area is 116 Å². The number of amides is 1. The van der Waals surface area contributed by atoms with Crippen LogP contribution in [0.15, 0.2) is 11.5 Å². The van der Waals surface area contributed by atoms with Crippen LogP contribution in [-0.4, -0.2) is 55.5 Å². The number of aromatic nitrogens is 3. The summed E-state index contributed by atoms with van der Waals surface area (Å²) in [5, 5.41) is 17.1. The molecule has 0 saturated heterocycles. The van der Waals surface area contributed by atoms with Crippen molar-refractivity contribution in [1.82, 2.24) is 19.7 Å². The van der Waals surface area contributed by atoms with Gasteiger partial charge in [-0.05, 0) is 20.8 Å². The van der Waals surface area contributed by atoms with Crippen LogP contribution < -0.4 is 0 Å². The highest BCUT2D eigenvalue weighted by molar-refractivity contribution is 7.99. The van der Waals surface area contributed by atoms with Crippen molar-refractivity contribution in [3.63, 3.8) is 0 Å². The number of hydrogen-bond acceptors (Lipinski definition) is 5. The molecule has 19 heavy (non-hydrogen) atoms. The van der Waals surface area contributed by atoms with Crippen LogP contribution in [0.1, 0.15) is 26.8 Å². The average molecular weight is 286 g/mol. The van der Waals surface area contributed by atoms with Crippen LogP contribution in [0.5, 0.6) is 0 Å². The van der Waals surface area contributed by atoms with Crippen LogP contribution in [0, 0.1) is 0 Å². The minimum absolute atomic E-state index is 0.159. The van der Waals surface area contributed by atoms with E-state index in [4.69, 9.17) is 5.11 Å². The zero-order valence-electron chi connectivity index (χ0n) is 11.2. The van der Waals surface area contributed by atoms with Crippen LogP contribution in [0.2, 0.25) is 0 Å². The fourth-order valence-electron chi connectivity index (χ4n) is 1.45. The highest BCUT2D eigenvalue weighted by atomic mass is 32.2. The van der Waals surface area contributed by atoms with Crippen molar-refractivity contribution in [3.05, 3.63) is 6.33 Å². The molecule has 1 amide bonds. The first-order valence-corrected chi connectivity index (χ1v) is 6.96. The largest absolute Gasteiger partial charge is 0.480 e. The first-order chi connectivity index (χ1) is 8.95. The van der Waals surface area contributed by atoms with E-state index in [1.807, 2.05) is 18.4 Å². The molecule has 1 heterocycles. The molecular formula is C11H18N4O3S. The van der Waals surface area contributed by atoms with E-state index < -0.39 is 5.97 Å². The van der Waals surface area contributed by atoms with E-state index in [-0.39, 0.29) is 24.2 Å². The van der Waals surface area contributed by atoms with Crippen molar-refractivity contribution in [2.75, 3.05) is 18.8 Å². The van der Waals surface area contributed by atoms with E-state index >= 15 is 0 Å². The molecule has 1 N–H and O–H groups in total. The van der Waals surface area contributed by atoms with Crippen LogP contribution in [0.3, 0.4) is 0 Å². The van der Waals surface area contributed by atoms with Crippen molar-refractivity contribution in [1.29, 1.82) is 0 Å². The maximum Gasteiger partial charge on any atom is 0.323 e. The maximum absolute atomic E-state index is 11.9. The number of aliphatic carboxylic acids is 1. The first kappa shape index (κ1) is 15.5. The Balaban J connectivity index is 2.57. The summed E-state index contributed by atoms with van der Waals surface area (Å²) < 4.78 is 1.87. The fourth-order valence-corrected chi connectivity index (χ4v) is 2.39. The summed E-state index contributed by atoms with van der Waals surface area (Å²) in [6, 6.07) is 0.217. The van der Waals surface area contributed by atoms with Crippen LogP contribution in [0.4, 0.5) is 0 Å². The second-order valence-electron chi connectivity index (χ2n) is 4.20. The number of carboxylic acid groups (broad SMARTS) is 1. The van der Waals surface area contributed by atoms with Gasteiger partial charge in [0.2, 0.25) is 5.91 Å². The number of thioether (sulfide) groups is 1. The Kier molecular flexibility index (Phi) is 5.81. The molecule has 0 bridgehead atoms. The zero-order valence-corrected chi connectivity index (χ0v) is 12.1. The van der Waals surface area contributed by atoms with Gasteiger partial charge in [0.1, 0.15) is 12.9 Å². The summed E-state index contributed by atoms with van der Waals surface area (Å²) in [4.78, 5) is 23.8. The van der Waals surface area contributed by atoms with Gasteiger partial charge in [-0.15, -0.1) is 10.2 Å². The van der Waals surface area contributed by atoms with E-state index in [2.05, 4.69) is 10.2 Å². The summed E-state index contributed by atoms with van der Waals surface area (Å²) in [7, 11) is 0. The third-order valence-corrected chi connectivity index (χ3v) is 3.42. The first-order valence-electron chi connectivity index (χ1n) is 5.97. The lowest BCUT2D eigenvalue weighted by molar-refractivity contribution is -0.143. The Morgan fingerprint density at radius 2 is 2.21 bits per heavy atom. The number of hydrogen-bond donors (Lipinski definition) is 1. The second kappa shape index (κ2) is 7.13. The highest BCUT2D eigenvalue weighted by Gasteiger charge is 2.17. The Hall–Kier alpha value is -1.57. The predicted octanol–water partition coefficient (Wildman–Crippen LogP) is 0.884. The topological polar surface area (TPSA) is 88.3 Å². The SMILES string of the molecule is CCN(CC(=O)O)C(=O)CSc1nncn1C(C)C. The number of rotatable bonds is 7. The summed E-state index contributed by atoms with van der Waals surface area (Å²) in [6.07, 6.45) is 1.62. The molecule has 0 unspecified atom stereocenters. The molecule has 0 atom stereocenters. The van der Waals surface area contributed by atoms with Gasteiger partial charge in [0.15, 0.2) is 5.16 Å². The zero-order chi connectivity index (χ0) is 14.4. The van der Waals surface area contributed by atoms with Gasteiger partial charge in [0.05, 0.1) is 5.75 Å². The van der Waals surface area contributed by atoms with Gasteiger partial charge in [-0.1, -0.05) is 11.8 Å². The molecule has 0 saturated carbocycles. The molecule has 1 aromatic rings. The normalized spacial score (nSPS) is 10.7. The fraction of sp³-hybridized carbons (Fsp3) is 0.636. The maximum atomic E-state index is 11.9. The Morgan fingerprint density at radius 1 is 1.53 bits per heavy atom. The van der Waals surface area contributed by atoms with Crippen molar-refractivity contribution >= 4 is 23.6 Å². The number of likely N-dealkylation sites (N-methyl/N-ethyl adjacent to an activating group) is 1. The van der Waals surface area contributed by atoms with Gasteiger partial charge >= 0.3 is 5.97 Å². The molecule has 1 rings (SSSR count).